The summed E-state index contributed by atoms with van der Waals surface area (Å²) >= 11 is 0. The quantitative estimate of drug-likeness (QED) is 0.155. The zero-order valence-electron chi connectivity index (χ0n) is 26.4. The first-order valence-electron chi connectivity index (χ1n) is 15.8. The third kappa shape index (κ3) is 7.60. The van der Waals surface area contributed by atoms with E-state index in [0.717, 1.165) is 54.4 Å². The van der Waals surface area contributed by atoms with Crippen LogP contribution in [0.4, 0.5) is 30.6 Å². The molecule has 0 saturated carbocycles. The van der Waals surface area contributed by atoms with Crippen LogP contribution in [0.25, 0.3) is 0 Å². The monoisotopic (exact) mass is 635 g/mol. The average Bonchev–Trinajstić information content (AvgIpc) is 3.53. The summed E-state index contributed by atoms with van der Waals surface area (Å²) in [6.45, 7) is 11.6. The number of nitrogens with two attached hydrogens (primary N) is 1. The zero-order valence-corrected chi connectivity index (χ0v) is 26.4. The molecule has 2 saturated heterocycles. The molecule has 2 fully saturated rings. The van der Waals surface area contributed by atoms with Gasteiger partial charge in [-0.1, -0.05) is 19.6 Å². The number of aliphatic hydroxyl groups excluding tert-OH is 1. The number of rotatable bonds is 11. The predicted octanol–water partition coefficient (Wildman–Crippen LogP) is 5.85. The highest BCUT2D eigenvalue weighted by Gasteiger charge is 2.30. The zero-order chi connectivity index (χ0) is 32.8. The average molecular weight is 636 g/mol. The van der Waals surface area contributed by atoms with Crippen LogP contribution in [0.2, 0.25) is 0 Å². The van der Waals surface area contributed by atoms with Crippen molar-refractivity contribution in [2.45, 2.75) is 44.9 Å². The molecule has 0 radical (unpaired) electrons. The third-order valence-corrected chi connectivity index (χ3v) is 8.79. The lowest BCUT2D eigenvalue weighted by molar-refractivity contribution is 0.0781. The van der Waals surface area contributed by atoms with Crippen molar-refractivity contribution in [1.82, 2.24) is 5.01 Å². The lowest BCUT2D eigenvalue weighted by Gasteiger charge is -2.37. The summed E-state index contributed by atoms with van der Waals surface area (Å²) in [7, 11) is 0. The van der Waals surface area contributed by atoms with Gasteiger partial charge in [0, 0.05) is 61.3 Å². The van der Waals surface area contributed by atoms with Crippen molar-refractivity contribution in [2.24, 2.45) is 11.8 Å². The number of carbonyl (C=O) groups excluding carboxylic acids is 1. The maximum Gasteiger partial charge on any atom is 0.343 e. The molecule has 0 aliphatic carbocycles. The first-order chi connectivity index (χ1) is 22.2. The van der Waals surface area contributed by atoms with Crippen LogP contribution in [-0.2, 0) is 4.74 Å². The second kappa shape index (κ2) is 14.9. The first kappa shape index (κ1) is 33.2. The minimum Gasteiger partial charge on any atom is -0.493 e. The van der Waals surface area contributed by atoms with Crippen molar-refractivity contribution in [2.75, 3.05) is 54.1 Å². The topological polar surface area (TPSA) is 94.7 Å². The van der Waals surface area contributed by atoms with E-state index in [-0.39, 0.29) is 5.92 Å². The number of piperazine rings is 1. The molecule has 2 heterocycles. The molecule has 3 aromatic carbocycles. The summed E-state index contributed by atoms with van der Waals surface area (Å²) < 4.78 is 39.2. The fourth-order valence-corrected chi connectivity index (χ4v) is 6.13. The van der Waals surface area contributed by atoms with Crippen LogP contribution < -0.4 is 25.3 Å². The van der Waals surface area contributed by atoms with Crippen LogP contribution in [0.15, 0.2) is 79.5 Å². The van der Waals surface area contributed by atoms with Crippen molar-refractivity contribution in [3.63, 3.8) is 0 Å². The predicted molar refractivity (Wildman–Crippen MR) is 176 cm³/mol. The van der Waals surface area contributed by atoms with E-state index in [2.05, 4.69) is 28.5 Å². The molecule has 3 N–H and O–H groups in total. The molecule has 9 nitrogen and oxygen atoms in total. The van der Waals surface area contributed by atoms with Crippen molar-refractivity contribution in [1.29, 1.82) is 0 Å². The molecule has 0 spiro atoms. The van der Waals surface area contributed by atoms with Crippen molar-refractivity contribution in [3.05, 3.63) is 96.7 Å². The molecule has 2 amide bonds. The van der Waals surface area contributed by atoms with E-state index in [0.29, 0.717) is 37.3 Å². The highest BCUT2D eigenvalue weighted by Crippen LogP contribution is 2.34. The van der Waals surface area contributed by atoms with Crippen LogP contribution in [0.3, 0.4) is 0 Å². The molecular formula is C35H43F2N5O4. The Morgan fingerprint density at radius 1 is 1.07 bits per heavy atom. The molecule has 46 heavy (non-hydrogen) atoms. The van der Waals surface area contributed by atoms with Crippen molar-refractivity contribution in [3.8, 4) is 5.75 Å². The van der Waals surface area contributed by atoms with Crippen LogP contribution in [-0.4, -0.2) is 67.7 Å². The Labute approximate surface area is 269 Å². The maximum atomic E-state index is 14.1. The Kier molecular flexibility index (Phi) is 10.8. The lowest BCUT2D eigenvalue weighted by Crippen LogP contribution is -2.54. The number of amides is 2. The lowest BCUT2D eigenvalue weighted by atomic mass is 10.0. The van der Waals surface area contributed by atoms with Crippen molar-refractivity contribution < 1.29 is 28.2 Å². The van der Waals surface area contributed by atoms with E-state index in [1.54, 1.807) is 6.92 Å². The number of carbonyl (C=O) groups is 1. The molecule has 0 bridgehead atoms. The molecule has 0 aromatic heterocycles. The number of urea groups is 1. The number of hydrazine groups is 1. The number of aliphatic hydroxyl groups is 1. The Morgan fingerprint density at radius 2 is 1.67 bits per heavy atom. The highest BCUT2D eigenvalue weighted by atomic mass is 19.1. The minimum absolute atomic E-state index is 0.121. The Morgan fingerprint density at radius 3 is 2.22 bits per heavy atom. The van der Waals surface area contributed by atoms with Crippen LogP contribution in [0.1, 0.15) is 38.4 Å². The van der Waals surface area contributed by atoms with E-state index in [1.807, 2.05) is 43.3 Å². The molecular weight excluding hydrogens is 592 g/mol. The fourth-order valence-electron chi connectivity index (χ4n) is 6.13. The van der Waals surface area contributed by atoms with E-state index < -0.39 is 35.9 Å². The molecule has 4 atom stereocenters. The molecule has 2 aliphatic heterocycles. The summed E-state index contributed by atoms with van der Waals surface area (Å²) in [5.74, 6) is 5.77. The van der Waals surface area contributed by atoms with E-state index >= 15 is 0 Å². The number of ether oxygens (including phenoxy) is 2. The number of hydrogen-bond acceptors (Lipinski definition) is 7. The number of hydrogen-bond donors (Lipinski definition) is 2. The normalized spacial score (nSPS) is 19.4. The van der Waals surface area contributed by atoms with Gasteiger partial charge < -0.3 is 24.4 Å². The summed E-state index contributed by atoms with van der Waals surface area (Å²) in [4.78, 5) is 19.1. The second-order valence-corrected chi connectivity index (χ2v) is 11.8. The summed E-state index contributed by atoms with van der Waals surface area (Å²) in [5, 5.41) is 11.1. The molecule has 5 rings (SSSR count). The van der Waals surface area contributed by atoms with Gasteiger partial charge in [-0.25, -0.2) is 19.4 Å². The largest absolute Gasteiger partial charge is 0.493 e. The Bertz CT molecular complexity index is 1460. The van der Waals surface area contributed by atoms with Crippen LogP contribution in [0.5, 0.6) is 5.75 Å². The number of halogens is 2. The van der Waals surface area contributed by atoms with Gasteiger partial charge in [0.05, 0.1) is 37.2 Å². The first-order valence-corrected chi connectivity index (χ1v) is 15.8. The summed E-state index contributed by atoms with van der Waals surface area (Å²) in [6.07, 6.45) is 1.42. The van der Waals surface area contributed by atoms with Gasteiger partial charge in [-0.3, -0.25) is 9.91 Å². The Hall–Kier alpha value is -4.19. The fraction of sp³-hybridized carbons (Fsp3) is 0.400. The van der Waals surface area contributed by atoms with Crippen molar-refractivity contribution >= 4 is 23.1 Å². The van der Waals surface area contributed by atoms with E-state index in [9.17, 15) is 18.7 Å². The molecule has 246 valence electrons. The third-order valence-electron chi connectivity index (χ3n) is 8.79. The summed E-state index contributed by atoms with van der Waals surface area (Å²) in [5.41, 5.74) is 3.20. The molecule has 2 aliphatic rings. The van der Waals surface area contributed by atoms with Gasteiger partial charge in [-0.05, 0) is 74.4 Å². The number of nitrogens with zero attached hydrogens (tertiary/aromatic N) is 4. The standard InChI is InChI=1S/C35H43F2N5O4/c1-4-33(24(3)43)42(38)35(44)41(5-2)29-9-7-27(8-10-29)39-16-18-40(19-17-39)28-11-13-30(14-12-28)45-22-25-20-34(46-23-25)31-15-6-26(36)21-32(31)37/h5-15,21,24-25,33-34,43H,2,4,16-20,22-23,38H2,1,3H3/t24-,25+,33-,34?/m0/s1. The smallest absolute Gasteiger partial charge is 0.343 e. The van der Waals surface area contributed by atoms with E-state index in [4.69, 9.17) is 15.3 Å². The SMILES string of the molecule is C=CN(C(=O)N(N)[C@@H](CC)[C@H](C)O)c1ccc(N2CCN(c3ccc(OC[C@@H]4COC(c5ccc(F)cc5F)C4)cc3)CC2)cc1. The van der Waals surface area contributed by atoms with Gasteiger partial charge in [0.15, 0.2) is 0 Å². The van der Waals surface area contributed by atoms with Crippen LogP contribution >= 0.6 is 0 Å². The van der Waals surface area contributed by atoms with E-state index in [1.165, 1.54) is 23.2 Å². The van der Waals surface area contributed by atoms with Gasteiger partial charge >= 0.3 is 6.03 Å². The number of anilines is 3. The van der Waals surface area contributed by atoms with Gasteiger partial charge in [0.25, 0.3) is 0 Å². The molecule has 3 aromatic rings. The second-order valence-electron chi connectivity index (χ2n) is 11.8. The van der Waals surface area contributed by atoms with Gasteiger partial charge in [-0.15, -0.1) is 0 Å². The molecule has 1 unspecified atom stereocenters. The van der Waals surface area contributed by atoms with Gasteiger partial charge in [-0.2, -0.15) is 0 Å². The Balaban J connectivity index is 1.09. The number of benzene rings is 3. The van der Waals surface area contributed by atoms with Gasteiger partial charge in [0.2, 0.25) is 0 Å². The molecule has 11 heteroatoms. The van der Waals surface area contributed by atoms with Gasteiger partial charge in [0.1, 0.15) is 17.4 Å². The maximum absolute atomic E-state index is 14.1. The minimum atomic E-state index is -0.756. The summed E-state index contributed by atoms with van der Waals surface area (Å²) in [6, 6.07) is 18.4. The highest BCUT2D eigenvalue weighted by molar-refractivity contribution is 5.93. The van der Waals surface area contributed by atoms with Crippen LogP contribution in [0, 0.1) is 17.6 Å².